The van der Waals surface area contributed by atoms with Gasteiger partial charge in [-0.2, -0.15) is 0 Å². The Morgan fingerprint density at radius 2 is 2.16 bits per heavy atom. The molecule has 0 aliphatic carbocycles. The molecule has 9 heteroatoms. The summed E-state index contributed by atoms with van der Waals surface area (Å²) in [5, 5.41) is 17.6. The van der Waals surface area contributed by atoms with E-state index in [1.807, 2.05) is 24.3 Å². The summed E-state index contributed by atoms with van der Waals surface area (Å²) in [6.45, 7) is 0.571. The van der Waals surface area contributed by atoms with Crippen LogP contribution in [0.15, 0.2) is 30.6 Å². The third-order valence-electron chi connectivity index (χ3n) is 4.46. The van der Waals surface area contributed by atoms with Gasteiger partial charge in [-0.05, 0) is 12.1 Å². The number of nitrogens with one attached hydrogen (secondary N) is 1. The van der Waals surface area contributed by atoms with Crippen LogP contribution in [0.2, 0.25) is 0 Å². The third-order valence-corrected chi connectivity index (χ3v) is 4.46. The number of aliphatic carboxylic acids is 1. The van der Waals surface area contributed by atoms with Gasteiger partial charge in [0, 0.05) is 12.8 Å². The molecule has 25 heavy (non-hydrogen) atoms. The second-order valence-electron chi connectivity index (χ2n) is 5.96. The number of H-pyrrole nitrogens is 1. The lowest BCUT2D eigenvalue weighted by Gasteiger charge is -2.32. The number of aryl methyl sites for hydroxylation is 1. The molecule has 2 aromatic heterocycles. The van der Waals surface area contributed by atoms with Crippen molar-refractivity contribution >= 4 is 22.9 Å². The summed E-state index contributed by atoms with van der Waals surface area (Å²) in [5.41, 5.74) is 3.11. The van der Waals surface area contributed by atoms with E-state index in [-0.39, 0.29) is 25.3 Å². The summed E-state index contributed by atoms with van der Waals surface area (Å²) in [6, 6.07) is 6.60. The molecule has 0 saturated heterocycles. The molecule has 0 fully saturated rings. The molecule has 128 valence electrons. The van der Waals surface area contributed by atoms with Crippen molar-refractivity contribution in [3.05, 3.63) is 42.0 Å². The van der Waals surface area contributed by atoms with Crippen LogP contribution in [0.5, 0.6) is 0 Å². The molecule has 1 aliphatic heterocycles. The Balaban J connectivity index is 1.51. The highest BCUT2D eigenvalue weighted by molar-refractivity contribution is 5.84. The minimum Gasteiger partial charge on any atom is -0.480 e. The highest BCUT2D eigenvalue weighted by Crippen LogP contribution is 2.22. The molecule has 0 bridgehead atoms. The van der Waals surface area contributed by atoms with Gasteiger partial charge in [-0.15, -0.1) is 5.10 Å². The molecule has 1 aliphatic rings. The summed E-state index contributed by atoms with van der Waals surface area (Å²) in [4.78, 5) is 32.7. The Labute approximate surface area is 142 Å². The van der Waals surface area contributed by atoms with Crippen LogP contribution in [0.1, 0.15) is 17.8 Å². The first-order chi connectivity index (χ1) is 12.1. The van der Waals surface area contributed by atoms with E-state index in [9.17, 15) is 14.7 Å². The topological polar surface area (TPSA) is 117 Å². The molecule has 0 radical (unpaired) electrons. The summed E-state index contributed by atoms with van der Waals surface area (Å²) < 4.78 is 1.66. The number of benzene rings is 1. The van der Waals surface area contributed by atoms with Crippen LogP contribution >= 0.6 is 0 Å². The van der Waals surface area contributed by atoms with Gasteiger partial charge in [-0.25, -0.2) is 14.5 Å². The second kappa shape index (κ2) is 6.00. The summed E-state index contributed by atoms with van der Waals surface area (Å²) in [6.07, 6.45) is 1.89. The number of para-hydroxylation sites is 1. The number of carbonyl (C=O) groups is 2. The largest absolute Gasteiger partial charge is 0.480 e. The summed E-state index contributed by atoms with van der Waals surface area (Å²) in [5.74, 6) is -1.25. The number of aromatic amines is 1. The monoisotopic (exact) mass is 340 g/mol. The van der Waals surface area contributed by atoms with E-state index < -0.39 is 12.0 Å². The number of hydrogen-bond donors (Lipinski definition) is 2. The van der Waals surface area contributed by atoms with Crippen molar-refractivity contribution in [2.24, 2.45) is 0 Å². The number of amides is 1. The quantitative estimate of drug-likeness (QED) is 0.717. The van der Waals surface area contributed by atoms with Crippen LogP contribution in [-0.4, -0.2) is 52.9 Å². The lowest BCUT2D eigenvalue weighted by atomic mass is 10.0. The van der Waals surface area contributed by atoms with Crippen LogP contribution in [0.25, 0.3) is 11.0 Å². The first-order valence-corrected chi connectivity index (χ1v) is 7.95. The Morgan fingerprint density at radius 3 is 3.00 bits per heavy atom. The van der Waals surface area contributed by atoms with E-state index >= 15 is 0 Å². The Morgan fingerprint density at radius 1 is 1.32 bits per heavy atom. The first kappa shape index (κ1) is 15.3. The molecule has 1 unspecified atom stereocenters. The summed E-state index contributed by atoms with van der Waals surface area (Å²) >= 11 is 0. The average molecular weight is 340 g/mol. The fraction of sp³-hybridized carbons (Fsp3) is 0.312. The van der Waals surface area contributed by atoms with Crippen LogP contribution in [0.4, 0.5) is 0 Å². The number of fused-ring (bicyclic) bond motifs is 2. The third kappa shape index (κ3) is 2.73. The van der Waals surface area contributed by atoms with Crippen LogP contribution in [0, 0.1) is 0 Å². The van der Waals surface area contributed by atoms with Crippen LogP contribution in [0.3, 0.4) is 0 Å². The van der Waals surface area contributed by atoms with Gasteiger partial charge in [-0.3, -0.25) is 4.79 Å². The smallest absolute Gasteiger partial charge is 0.326 e. The highest BCUT2D eigenvalue weighted by Gasteiger charge is 2.35. The molecule has 1 atom stereocenters. The molecule has 1 amide bonds. The molecule has 0 spiro atoms. The molecule has 2 N–H and O–H groups in total. The Kier molecular flexibility index (Phi) is 3.68. The van der Waals surface area contributed by atoms with Crippen molar-refractivity contribution in [3.63, 3.8) is 0 Å². The predicted octanol–water partition coefficient (Wildman–Crippen LogP) is 0.583. The molecule has 4 rings (SSSR count). The van der Waals surface area contributed by atoms with E-state index in [0.717, 1.165) is 16.7 Å². The SMILES string of the molecule is O=C(O)C1Cc2nc[nH]c2CN1C(=O)CCn1nnc2ccccc21. The van der Waals surface area contributed by atoms with Crippen molar-refractivity contribution in [1.29, 1.82) is 0 Å². The fourth-order valence-corrected chi connectivity index (χ4v) is 3.15. The Bertz CT molecular complexity index is 946. The van der Waals surface area contributed by atoms with Gasteiger partial charge in [0.1, 0.15) is 11.6 Å². The highest BCUT2D eigenvalue weighted by atomic mass is 16.4. The maximum atomic E-state index is 12.6. The number of carboxylic acids is 1. The number of rotatable bonds is 4. The number of aromatic nitrogens is 5. The molecule has 0 saturated carbocycles. The fourth-order valence-electron chi connectivity index (χ4n) is 3.15. The zero-order valence-corrected chi connectivity index (χ0v) is 13.3. The van der Waals surface area contributed by atoms with Gasteiger partial charge in [-0.1, -0.05) is 17.3 Å². The number of hydrogen-bond acceptors (Lipinski definition) is 5. The van der Waals surface area contributed by atoms with Gasteiger partial charge < -0.3 is 15.0 Å². The van der Waals surface area contributed by atoms with E-state index in [0.29, 0.717) is 12.2 Å². The summed E-state index contributed by atoms with van der Waals surface area (Å²) in [7, 11) is 0. The van der Waals surface area contributed by atoms with Gasteiger partial charge in [0.2, 0.25) is 5.91 Å². The minimum absolute atomic E-state index is 0.153. The zero-order valence-electron chi connectivity index (χ0n) is 13.3. The number of carbonyl (C=O) groups excluding carboxylic acids is 1. The lowest BCUT2D eigenvalue weighted by Crippen LogP contribution is -2.48. The van der Waals surface area contributed by atoms with Crippen molar-refractivity contribution in [2.45, 2.75) is 32.0 Å². The van der Waals surface area contributed by atoms with Gasteiger partial charge in [0.25, 0.3) is 0 Å². The normalized spacial score (nSPS) is 16.8. The minimum atomic E-state index is -1.02. The van der Waals surface area contributed by atoms with Gasteiger partial charge in [0.15, 0.2) is 0 Å². The molecule has 3 heterocycles. The van der Waals surface area contributed by atoms with Crippen LogP contribution < -0.4 is 0 Å². The molecule has 1 aromatic carbocycles. The zero-order chi connectivity index (χ0) is 17.4. The van der Waals surface area contributed by atoms with E-state index in [1.165, 1.54) is 11.2 Å². The molecule has 9 nitrogen and oxygen atoms in total. The van der Waals surface area contributed by atoms with E-state index in [4.69, 9.17) is 0 Å². The first-order valence-electron chi connectivity index (χ1n) is 7.95. The molecular formula is C16H16N6O3. The average Bonchev–Trinajstić information content (AvgIpc) is 3.24. The number of imidazole rings is 1. The van der Waals surface area contributed by atoms with Gasteiger partial charge >= 0.3 is 5.97 Å². The van der Waals surface area contributed by atoms with E-state index in [2.05, 4.69) is 20.3 Å². The Hall–Kier alpha value is -3.23. The molecular weight excluding hydrogens is 324 g/mol. The van der Waals surface area contributed by atoms with Crippen molar-refractivity contribution in [1.82, 2.24) is 29.9 Å². The maximum Gasteiger partial charge on any atom is 0.326 e. The number of nitrogens with zero attached hydrogens (tertiary/aromatic N) is 5. The maximum absolute atomic E-state index is 12.6. The lowest BCUT2D eigenvalue weighted by molar-refractivity contribution is -0.151. The predicted molar refractivity (Wildman–Crippen MR) is 86.4 cm³/mol. The standard InChI is InChI=1S/C16H16N6O3/c23-15(5-6-22-13-4-2-1-3-10(13)19-20-22)21-8-12-11(17-9-18-12)7-14(21)16(24)25/h1-4,9,14H,5-8H2,(H,17,18)(H,24,25). The van der Waals surface area contributed by atoms with Crippen molar-refractivity contribution in [3.8, 4) is 0 Å². The van der Waals surface area contributed by atoms with Crippen molar-refractivity contribution in [2.75, 3.05) is 0 Å². The van der Waals surface area contributed by atoms with Crippen molar-refractivity contribution < 1.29 is 14.7 Å². The van der Waals surface area contributed by atoms with Crippen LogP contribution in [-0.2, 0) is 29.1 Å². The van der Waals surface area contributed by atoms with E-state index in [1.54, 1.807) is 4.68 Å². The second-order valence-corrected chi connectivity index (χ2v) is 5.96. The number of carboxylic acid groups (broad SMARTS) is 1. The van der Waals surface area contributed by atoms with Gasteiger partial charge in [0.05, 0.1) is 36.3 Å². The molecule has 3 aromatic rings.